The molecule has 1 fully saturated rings. The van der Waals surface area contributed by atoms with Crippen LogP contribution in [0.3, 0.4) is 0 Å². The number of aromatic nitrogens is 1. The Morgan fingerprint density at radius 3 is 2.78 bits per heavy atom. The van der Waals surface area contributed by atoms with Gasteiger partial charge in [-0.3, -0.25) is 0 Å². The Morgan fingerprint density at radius 2 is 2.11 bits per heavy atom. The van der Waals surface area contributed by atoms with E-state index in [-0.39, 0.29) is 5.69 Å². The fraction of sp³-hybridized carbons (Fsp3) is 0.571. The maximum absolute atomic E-state index is 10.7. The summed E-state index contributed by atoms with van der Waals surface area (Å²) in [6.45, 7) is 2.28. The molecular formula is C14H20N2O2. The third kappa shape index (κ3) is 3.22. The first kappa shape index (κ1) is 12.9. The second-order valence-corrected chi connectivity index (χ2v) is 5.10. The van der Waals surface area contributed by atoms with E-state index in [1.54, 1.807) is 18.3 Å². The molecule has 0 radical (unpaired) electrons. The predicted molar refractivity (Wildman–Crippen MR) is 70.9 cm³/mol. The molecule has 1 saturated carbocycles. The molecule has 0 saturated heterocycles. The summed E-state index contributed by atoms with van der Waals surface area (Å²) in [5.74, 6) is -0.323. The van der Waals surface area contributed by atoms with Crippen LogP contribution in [0, 0.1) is 5.92 Å². The number of hydrogen-bond donors (Lipinski definition) is 2. The lowest BCUT2D eigenvalue weighted by Gasteiger charge is -2.23. The van der Waals surface area contributed by atoms with Crippen LogP contribution in [0.5, 0.6) is 0 Å². The van der Waals surface area contributed by atoms with Crippen molar-refractivity contribution in [2.45, 2.75) is 45.1 Å². The minimum Gasteiger partial charge on any atom is -0.477 e. The molecule has 0 spiro atoms. The number of aromatic carboxylic acids is 1. The minimum atomic E-state index is -0.982. The molecular weight excluding hydrogens is 228 g/mol. The Morgan fingerprint density at radius 1 is 1.33 bits per heavy atom. The van der Waals surface area contributed by atoms with E-state index >= 15 is 0 Å². The average Bonchev–Trinajstić information content (AvgIpc) is 2.56. The van der Waals surface area contributed by atoms with Gasteiger partial charge in [-0.25, -0.2) is 9.78 Å². The van der Waals surface area contributed by atoms with Gasteiger partial charge in [0.05, 0.1) is 11.9 Å². The highest BCUT2D eigenvalue weighted by molar-refractivity contribution is 5.85. The standard InChI is InChI=1S/C14H20N2O2/c1-10-5-3-2-4-6-12(10)16-11-7-8-13(14(17)18)15-9-11/h7-10,12,16H,2-6H2,1H3,(H,17,18). The number of nitrogens with zero attached hydrogens (tertiary/aromatic N) is 1. The highest BCUT2D eigenvalue weighted by Gasteiger charge is 2.19. The Kier molecular flexibility index (Phi) is 4.18. The molecule has 1 heterocycles. The van der Waals surface area contributed by atoms with E-state index in [4.69, 9.17) is 5.11 Å². The molecule has 0 bridgehead atoms. The van der Waals surface area contributed by atoms with Crippen molar-refractivity contribution >= 4 is 11.7 Å². The summed E-state index contributed by atoms with van der Waals surface area (Å²) in [7, 11) is 0. The molecule has 98 valence electrons. The Bertz CT molecular complexity index is 403. The van der Waals surface area contributed by atoms with Crippen LogP contribution in [-0.2, 0) is 0 Å². The molecule has 4 nitrogen and oxygen atoms in total. The van der Waals surface area contributed by atoms with E-state index in [1.165, 1.54) is 32.1 Å². The topological polar surface area (TPSA) is 62.2 Å². The van der Waals surface area contributed by atoms with E-state index in [2.05, 4.69) is 17.2 Å². The van der Waals surface area contributed by atoms with Gasteiger partial charge < -0.3 is 10.4 Å². The van der Waals surface area contributed by atoms with Crippen LogP contribution < -0.4 is 5.32 Å². The van der Waals surface area contributed by atoms with Crippen molar-refractivity contribution in [3.05, 3.63) is 24.0 Å². The first-order valence-electron chi connectivity index (χ1n) is 6.62. The van der Waals surface area contributed by atoms with Crippen molar-refractivity contribution < 1.29 is 9.90 Å². The molecule has 4 heteroatoms. The van der Waals surface area contributed by atoms with Crippen molar-refractivity contribution in [3.8, 4) is 0 Å². The zero-order valence-corrected chi connectivity index (χ0v) is 10.7. The van der Waals surface area contributed by atoms with Gasteiger partial charge in [0.15, 0.2) is 0 Å². The van der Waals surface area contributed by atoms with Crippen LogP contribution in [0.2, 0.25) is 0 Å². The zero-order valence-electron chi connectivity index (χ0n) is 10.7. The third-order valence-corrected chi connectivity index (χ3v) is 3.70. The normalized spacial score (nSPS) is 24.3. The van der Waals surface area contributed by atoms with Gasteiger partial charge in [-0.05, 0) is 30.9 Å². The van der Waals surface area contributed by atoms with Crippen molar-refractivity contribution in [3.63, 3.8) is 0 Å². The van der Waals surface area contributed by atoms with Gasteiger partial charge in [0, 0.05) is 6.04 Å². The molecule has 1 aliphatic carbocycles. The lowest BCUT2D eigenvalue weighted by Crippen LogP contribution is -2.26. The van der Waals surface area contributed by atoms with Gasteiger partial charge in [0.2, 0.25) is 0 Å². The fourth-order valence-corrected chi connectivity index (χ4v) is 2.53. The highest BCUT2D eigenvalue weighted by Crippen LogP contribution is 2.25. The van der Waals surface area contributed by atoms with Crippen molar-refractivity contribution in [2.24, 2.45) is 5.92 Å². The summed E-state index contributed by atoms with van der Waals surface area (Å²) >= 11 is 0. The molecule has 1 aromatic heterocycles. The number of carboxylic acid groups (broad SMARTS) is 1. The summed E-state index contributed by atoms with van der Waals surface area (Å²) in [6, 6.07) is 3.82. The van der Waals surface area contributed by atoms with E-state index in [9.17, 15) is 4.79 Å². The number of hydrogen-bond acceptors (Lipinski definition) is 3. The lowest BCUT2D eigenvalue weighted by molar-refractivity contribution is 0.0690. The number of nitrogens with one attached hydrogen (secondary N) is 1. The van der Waals surface area contributed by atoms with Gasteiger partial charge in [0.25, 0.3) is 0 Å². The maximum atomic E-state index is 10.7. The summed E-state index contributed by atoms with van der Waals surface area (Å²) in [6.07, 6.45) is 7.96. The third-order valence-electron chi connectivity index (χ3n) is 3.70. The van der Waals surface area contributed by atoms with Crippen molar-refractivity contribution in [1.29, 1.82) is 0 Å². The average molecular weight is 248 g/mol. The Balaban J connectivity index is 2.01. The predicted octanol–water partition coefficient (Wildman–Crippen LogP) is 3.16. The zero-order chi connectivity index (χ0) is 13.0. The molecule has 1 aliphatic rings. The molecule has 2 atom stereocenters. The largest absolute Gasteiger partial charge is 0.477 e. The first-order valence-corrected chi connectivity index (χ1v) is 6.62. The fourth-order valence-electron chi connectivity index (χ4n) is 2.53. The number of anilines is 1. The van der Waals surface area contributed by atoms with Crippen molar-refractivity contribution in [2.75, 3.05) is 5.32 Å². The summed E-state index contributed by atoms with van der Waals surface area (Å²) in [5.41, 5.74) is 1.01. The quantitative estimate of drug-likeness (QED) is 0.806. The minimum absolute atomic E-state index is 0.0921. The molecule has 0 amide bonds. The summed E-state index contributed by atoms with van der Waals surface area (Å²) < 4.78 is 0. The Labute approximate surface area is 107 Å². The molecule has 0 aliphatic heterocycles. The van der Waals surface area contributed by atoms with Crippen LogP contribution >= 0.6 is 0 Å². The maximum Gasteiger partial charge on any atom is 0.354 e. The second-order valence-electron chi connectivity index (χ2n) is 5.10. The first-order chi connectivity index (χ1) is 8.66. The van der Waals surface area contributed by atoms with Crippen LogP contribution in [0.15, 0.2) is 18.3 Å². The van der Waals surface area contributed by atoms with E-state index in [0.717, 1.165) is 5.69 Å². The molecule has 0 aromatic carbocycles. The van der Waals surface area contributed by atoms with E-state index in [0.29, 0.717) is 12.0 Å². The lowest BCUT2D eigenvalue weighted by atomic mass is 9.97. The van der Waals surface area contributed by atoms with Gasteiger partial charge >= 0.3 is 5.97 Å². The number of pyridine rings is 1. The summed E-state index contributed by atoms with van der Waals surface area (Å²) in [5, 5.41) is 12.3. The van der Waals surface area contributed by atoms with Gasteiger partial charge in [0.1, 0.15) is 5.69 Å². The number of rotatable bonds is 3. The smallest absolute Gasteiger partial charge is 0.354 e. The Hall–Kier alpha value is -1.58. The second kappa shape index (κ2) is 5.85. The number of carboxylic acids is 1. The monoisotopic (exact) mass is 248 g/mol. The van der Waals surface area contributed by atoms with Crippen LogP contribution in [0.1, 0.15) is 49.5 Å². The van der Waals surface area contributed by atoms with Crippen molar-refractivity contribution in [1.82, 2.24) is 4.98 Å². The van der Waals surface area contributed by atoms with Gasteiger partial charge in [-0.2, -0.15) is 0 Å². The number of carbonyl (C=O) groups is 1. The van der Waals surface area contributed by atoms with Crippen LogP contribution in [0.25, 0.3) is 0 Å². The van der Waals surface area contributed by atoms with Crippen LogP contribution in [-0.4, -0.2) is 22.1 Å². The van der Waals surface area contributed by atoms with Gasteiger partial charge in [-0.1, -0.05) is 26.2 Å². The van der Waals surface area contributed by atoms with Crippen LogP contribution in [0.4, 0.5) is 5.69 Å². The SMILES string of the molecule is CC1CCCCCC1Nc1ccc(C(=O)O)nc1. The molecule has 2 N–H and O–H groups in total. The van der Waals surface area contributed by atoms with Gasteiger partial charge in [-0.15, -0.1) is 0 Å². The molecule has 2 rings (SSSR count). The molecule has 1 aromatic rings. The van der Waals surface area contributed by atoms with E-state index in [1.807, 2.05) is 0 Å². The summed E-state index contributed by atoms with van der Waals surface area (Å²) in [4.78, 5) is 14.6. The molecule has 18 heavy (non-hydrogen) atoms. The van der Waals surface area contributed by atoms with E-state index < -0.39 is 5.97 Å². The molecule has 2 unspecified atom stereocenters. The highest BCUT2D eigenvalue weighted by atomic mass is 16.4.